The number of nitrogens with one attached hydrogen (secondary N) is 1. The van der Waals surface area contributed by atoms with Crippen molar-refractivity contribution in [1.29, 1.82) is 0 Å². The van der Waals surface area contributed by atoms with Gasteiger partial charge in [0, 0.05) is 15.6 Å². The van der Waals surface area contributed by atoms with Gasteiger partial charge in [0.25, 0.3) is 15.9 Å². The van der Waals surface area contributed by atoms with Crippen LogP contribution in [0.15, 0.2) is 63.0 Å². The highest BCUT2D eigenvalue weighted by molar-refractivity contribution is 9.10. The van der Waals surface area contributed by atoms with Gasteiger partial charge < -0.3 is 4.74 Å². The fourth-order valence-corrected chi connectivity index (χ4v) is 4.09. The summed E-state index contributed by atoms with van der Waals surface area (Å²) in [4.78, 5) is 12.7. The van der Waals surface area contributed by atoms with Crippen molar-refractivity contribution in [2.75, 3.05) is 17.5 Å². The van der Waals surface area contributed by atoms with Crippen molar-refractivity contribution in [3.63, 3.8) is 0 Å². The second-order valence-corrected chi connectivity index (χ2v) is 10.7. The lowest BCUT2D eigenvalue weighted by atomic mass is 9.91. The standard InChI is InChI=1S/C22H28BrN3O4S/c1-6-30-19-11-9-18(10-12-19)26(15-21(27)25-24-16(2)22(3,4)5)31(28,29)20-13-7-17(23)8-14-20/h7-14H,6,15H2,1-5H3,(H,25,27)/b24-16+. The molecule has 7 nitrogen and oxygen atoms in total. The van der Waals surface area contributed by atoms with Crippen molar-refractivity contribution in [2.24, 2.45) is 10.5 Å². The highest BCUT2D eigenvalue weighted by Crippen LogP contribution is 2.26. The van der Waals surface area contributed by atoms with Gasteiger partial charge in [-0.2, -0.15) is 5.10 Å². The van der Waals surface area contributed by atoms with Gasteiger partial charge in [-0.3, -0.25) is 9.10 Å². The Balaban J connectivity index is 2.38. The largest absolute Gasteiger partial charge is 0.494 e. The van der Waals surface area contributed by atoms with Crippen molar-refractivity contribution in [3.8, 4) is 5.75 Å². The molecule has 0 heterocycles. The van der Waals surface area contributed by atoms with E-state index in [0.29, 0.717) is 18.0 Å². The Labute approximate surface area is 192 Å². The van der Waals surface area contributed by atoms with Crippen molar-refractivity contribution in [3.05, 3.63) is 53.0 Å². The molecule has 168 valence electrons. The molecule has 2 aromatic rings. The lowest BCUT2D eigenvalue weighted by Crippen LogP contribution is -2.40. The molecular weight excluding hydrogens is 482 g/mol. The average molecular weight is 510 g/mol. The molecule has 0 aliphatic heterocycles. The first-order valence-electron chi connectivity index (χ1n) is 9.80. The minimum atomic E-state index is -4.00. The lowest BCUT2D eigenvalue weighted by molar-refractivity contribution is -0.119. The maximum absolute atomic E-state index is 13.4. The van der Waals surface area contributed by atoms with Crippen LogP contribution in [0.5, 0.6) is 5.75 Å². The molecule has 1 amide bonds. The first-order valence-corrected chi connectivity index (χ1v) is 12.0. The van der Waals surface area contributed by atoms with E-state index in [1.54, 1.807) is 36.4 Å². The molecule has 0 saturated carbocycles. The maximum atomic E-state index is 13.4. The minimum absolute atomic E-state index is 0.0757. The number of carbonyl (C=O) groups excluding carboxylic acids is 1. The van der Waals surface area contributed by atoms with Gasteiger partial charge in [-0.1, -0.05) is 36.7 Å². The predicted molar refractivity (Wildman–Crippen MR) is 127 cm³/mol. The third-order valence-corrected chi connectivity index (χ3v) is 6.88. The number of carbonyl (C=O) groups is 1. The monoisotopic (exact) mass is 509 g/mol. The molecule has 0 bridgehead atoms. The highest BCUT2D eigenvalue weighted by Gasteiger charge is 2.27. The Morgan fingerprint density at radius 3 is 2.19 bits per heavy atom. The molecule has 0 radical (unpaired) electrons. The highest BCUT2D eigenvalue weighted by atomic mass is 79.9. The molecule has 2 rings (SSSR count). The molecule has 0 unspecified atom stereocenters. The van der Waals surface area contributed by atoms with Crippen molar-refractivity contribution >= 4 is 43.3 Å². The number of anilines is 1. The number of halogens is 1. The molecule has 0 aliphatic rings. The molecule has 31 heavy (non-hydrogen) atoms. The minimum Gasteiger partial charge on any atom is -0.494 e. The number of ether oxygens (including phenoxy) is 1. The Bertz CT molecular complexity index is 1030. The normalized spacial score (nSPS) is 12.4. The van der Waals surface area contributed by atoms with Gasteiger partial charge in [-0.05, 0) is 62.4 Å². The summed E-state index contributed by atoms with van der Waals surface area (Å²) in [7, 11) is -4.00. The number of hydrazone groups is 1. The van der Waals surface area contributed by atoms with Crippen molar-refractivity contribution in [2.45, 2.75) is 39.5 Å². The summed E-state index contributed by atoms with van der Waals surface area (Å²) in [6, 6.07) is 12.8. The zero-order chi connectivity index (χ0) is 23.2. The third-order valence-electron chi connectivity index (χ3n) is 4.56. The van der Waals surface area contributed by atoms with Gasteiger partial charge in [0.15, 0.2) is 0 Å². The zero-order valence-corrected chi connectivity index (χ0v) is 20.7. The van der Waals surface area contributed by atoms with Crippen molar-refractivity contribution in [1.82, 2.24) is 5.43 Å². The van der Waals surface area contributed by atoms with Crippen LogP contribution in [0.1, 0.15) is 34.6 Å². The number of amides is 1. The summed E-state index contributed by atoms with van der Waals surface area (Å²) in [6.07, 6.45) is 0. The van der Waals surface area contributed by atoms with Crippen LogP contribution in [0.25, 0.3) is 0 Å². The van der Waals surface area contributed by atoms with Gasteiger partial charge >= 0.3 is 0 Å². The number of nitrogens with zero attached hydrogens (tertiary/aromatic N) is 2. The van der Waals surface area contributed by atoms with Crippen LogP contribution in [0.2, 0.25) is 0 Å². The lowest BCUT2D eigenvalue weighted by Gasteiger charge is -2.24. The van der Waals surface area contributed by atoms with E-state index in [1.807, 2.05) is 34.6 Å². The van der Waals surface area contributed by atoms with Crippen LogP contribution in [-0.2, 0) is 14.8 Å². The van der Waals surface area contributed by atoms with Gasteiger partial charge in [0.1, 0.15) is 12.3 Å². The van der Waals surface area contributed by atoms with E-state index in [4.69, 9.17) is 4.74 Å². The second kappa shape index (κ2) is 10.3. The first-order chi connectivity index (χ1) is 14.4. The molecule has 0 fully saturated rings. The second-order valence-electron chi connectivity index (χ2n) is 7.87. The Morgan fingerprint density at radius 1 is 1.10 bits per heavy atom. The van der Waals surface area contributed by atoms with Crippen LogP contribution >= 0.6 is 15.9 Å². The topological polar surface area (TPSA) is 88.1 Å². The molecule has 9 heteroatoms. The summed E-state index contributed by atoms with van der Waals surface area (Å²) in [5.74, 6) is 0.0697. The van der Waals surface area contributed by atoms with E-state index < -0.39 is 22.5 Å². The molecule has 0 atom stereocenters. The van der Waals surface area contributed by atoms with Crippen molar-refractivity contribution < 1.29 is 17.9 Å². The Hall–Kier alpha value is -2.39. The summed E-state index contributed by atoms with van der Waals surface area (Å²) >= 11 is 3.31. The Kier molecular flexibility index (Phi) is 8.25. The number of benzene rings is 2. The number of sulfonamides is 1. The quantitative estimate of drug-likeness (QED) is 0.416. The molecule has 0 spiro atoms. The smallest absolute Gasteiger partial charge is 0.264 e. The van der Waals surface area contributed by atoms with Crippen LogP contribution in [0.4, 0.5) is 5.69 Å². The van der Waals surface area contributed by atoms with Gasteiger partial charge in [0.05, 0.1) is 17.2 Å². The molecule has 0 aromatic heterocycles. The molecule has 1 N–H and O–H groups in total. The van der Waals surface area contributed by atoms with E-state index in [0.717, 1.165) is 14.5 Å². The van der Waals surface area contributed by atoms with Crippen LogP contribution < -0.4 is 14.5 Å². The number of hydrogen-bond acceptors (Lipinski definition) is 5. The van der Waals surface area contributed by atoms with E-state index in [2.05, 4.69) is 26.5 Å². The SMILES string of the molecule is CCOc1ccc(N(CC(=O)N/N=C(\C)C(C)(C)C)S(=O)(=O)c2ccc(Br)cc2)cc1. The molecule has 0 saturated heterocycles. The summed E-state index contributed by atoms with van der Waals surface area (Å²) < 4.78 is 33.9. The van der Waals surface area contributed by atoms with Crippen LogP contribution in [-0.4, -0.2) is 33.2 Å². The van der Waals surface area contributed by atoms with Crippen LogP contribution in [0, 0.1) is 5.41 Å². The number of hydrogen-bond donors (Lipinski definition) is 1. The summed E-state index contributed by atoms with van der Waals surface area (Å²) in [6.45, 7) is 9.67. The summed E-state index contributed by atoms with van der Waals surface area (Å²) in [5, 5.41) is 4.12. The van der Waals surface area contributed by atoms with E-state index >= 15 is 0 Å². The van der Waals surface area contributed by atoms with E-state index in [1.165, 1.54) is 12.1 Å². The molecule has 2 aromatic carbocycles. The van der Waals surface area contributed by atoms with Gasteiger partial charge in [0.2, 0.25) is 0 Å². The van der Waals surface area contributed by atoms with Gasteiger partial charge in [-0.15, -0.1) is 0 Å². The maximum Gasteiger partial charge on any atom is 0.264 e. The first kappa shape index (κ1) is 24.9. The summed E-state index contributed by atoms with van der Waals surface area (Å²) in [5.41, 5.74) is 3.32. The fourth-order valence-electron chi connectivity index (χ4n) is 2.40. The Morgan fingerprint density at radius 2 is 1.68 bits per heavy atom. The predicted octanol–water partition coefficient (Wildman–Crippen LogP) is 4.58. The average Bonchev–Trinajstić information content (AvgIpc) is 2.70. The van der Waals surface area contributed by atoms with E-state index in [-0.39, 0.29) is 10.3 Å². The number of rotatable bonds is 8. The van der Waals surface area contributed by atoms with Crippen LogP contribution in [0.3, 0.4) is 0 Å². The van der Waals surface area contributed by atoms with Gasteiger partial charge in [-0.25, -0.2) is 13.8 Å². The molecular formula is C22H28BrN3O4S. The van der Waals surface area contributed by atoms with E-state index in [9.17, 15) is 13.2 Å². The zero-order valence-electron chi connectivity index (χ0n) is 18.3. The third kappa shape index (κ3) is 6.80. The molecule has 0 aliphatic carbocycles. The fraction of sp³-hybridized carbons (Fsp3) is 0.364.